The molecule has 1 N–H and O–H groups in total. The first kappa shape index (κ1) is 20.2. The Bertz CT molecular complexity index is 971. The van der Waals surface area contributed by atoms with Crippen LogP contribution in [0.2, 0.25) is 0 Å². The van der Waals surface area contributed by atoms with Gasteiger partial charge in [-0.1, -0.05) is 0 Å². The Balaban J connectivity index is 1.93. The van der Waals surface area contributed by atoms with E-state index in [1.54, 1.807) is 0 Å². The van der Waals surface area contributed by atoms with Crippen molar-refractivity contribution in [2.24, 2.45) is 0 Å². The lowest BCUT2D eigenvalue weighted by Crippen LogP contribution is -2.40. The minimum absolute atomic E-state index is 0.0819. The van der Waals surface area contributed by atoms with E-state index in [2.05, 4.69) is 5.32 Å². The van der Waals surface area contributed by atoms with Gasteiger partial charge in [0.1, 0.15) is 17.4 Å². The molecule has 1 fully saturated rings. The molecule has 28 heavy (non-hydrogen) atoms. The number of amides is 1. The van der Waals surface area contributed by atoms with Crippen molar-refractivity contribution in [3.05, 3.63) is 53.6 Å². The Morgan fingerprint density at radius 1 is 1.11 bits per heavy atom. The van der Waals surface area contributed by atoms with Crippen LogP contribution in [0.25, 0.3) is 0 Å². The van der Waals surface area contributed by atoms with Crippen LogP contribution in [0.5, 0.6) is 5.75 Å². The van der Waals surface area contributed by atoms with Crippen LogP contribution in [-0.4, -0.2) is 52.0 Å². The topological polar surface area (TPSA) is 84.9 Å². The summed E-state index contributed by atoms with van der Waals surface area (Å²) in [6, 6.07) is 6.43. The van der Waals surface area contributed by atoms with E-state index >= 15 is 0 Å². The first-order valence-electron chi connectivity index (χ1n) is 8.34. The predicted octanol–water partition coefficient (Wildman–Crippen LogP) is 2.25. The second kappa shape index (κ2) is 8.21. The number of anilines is 1. The molecule has 10 heteroatoms. The van der Waals surface area contributed by atoms with E-state index in [0.717, 1.165) is 12.1 Å². The van der Waals surface area contributed by atoms with Gasteiger partial charge in [0.25, 0.3) is 5.91 Å². The molecule has 1 heterocycles. The maximum atomic E-state index is 13.3. The SMILES string of the molecule is COc1ccc(S(=O)(=O)N2CCOCC2)cc1C(=O)Nc1cc(F)cc(F)c1. The normalized spacial score (nSPS) is 15.2. The first-order valence-corrected chi connectivity index (χ1v) is 9.78. The summed E-state index contributed by atoms with van der Waals surface area (Å²) >= 11 is 0. The van der Waals surface area contributed by atoms with Crippen LogP contribution in [0.1, 0.15) is 10.4 Å². The summed E-state index contributed by atoms with van der Waals surface area (Å²) in [5, 5.41) is 2.35. The molecule has 0 unspecified atom stereocenters. The Labute approximate surface area is 160 Å². The summed E-state index contributed by atoms with van der Waals surface area (Å²) in [5.41, 5.74) is -0.188. The number of carbonyl (C=O) groups is 1. The van der Waals surface area contributed by atoms with Crippen LogP contribution in [-0.2, 0) is 14.8 Å². The monoisotopic (exact) mass is 412 g/mol. The number of rotatable bonds is 5. The van der Waals surface area contributed by atoms with Crippen molar-refractivity contribution in [2.75, 3.05) is 38.7 Å². The number of morpholine rings is 1. The Morgan fingerprint density at radius 3 is 2.36 bits per heavy atom. The molecular formula is C18H18F2N2O5S. The number of hydrogen-bond donors (Lipinski definition) is 1. The highest BCUT2D eigenvalue weighted by molar-refractivity contribution is 7.89. The van der Waals surface area contributed by atoms with Gasteiger partial charge in [0.05, 0.1) is 30.8 Å². The van der Waals surface area contributed by atoms with Gasteiger partial charge in [-0.15, -0.1) is 0 Å². The molecule has 0 aromatic heterocycles. The van der Waals surface area contributed by atoms with E-state index in [1.165, 1.54) is 29.6 Å². The minimum atomic E-state index is -3.83. The lowest BCUT2D eigenvalue weighted by atomic mass is 10.1. The van der Waals surface area contributed by atoms with Gasteiger partial charge in [0.2, 0.25) is 10.0 Å². The molecule has 0 atom stereocenters. The fourth-order valence-electron chi connectivity index (χ4n) is 2.79. The number of halogens is 2. The van der Waals surface area contributed by atoms with Gasteiger partial charge in [-0.2, -0.15) is 4.31 Å². The fraction of sp³-hybridized carbons (Fsp3) is 0.278. The van der Waals surface area contributed by atoms with Gasteiger partial charge < -0.3 is 14.8 Å². The highest BCUT2D eigenvalue weighted by atomic mass is 32.2. The lowest BCUT2D eigenvalue weighted by Gasteiger charge is -2.26. The lowest BCUT2D eigenvalue weighted by molar-refractivity contribution is 0.0730. The third-order valence-electron chi connectivity index (χ3n) is 4.14. The van der Waals surface area contributed by atoms with Crippen LogP contribution >= 0.6 is 0 Å². The molecule has 1 amide bonds. The highest BCUT2D eigenvalue weighted by Gasteiger charge is 2.28. The van der Waals surface area contributed by atoms with E-state index < -0.39 is 27.6 Å². The van der Waals surface area contributed by atoms with Crippen molar-refractivity contribution >= 4 is 21.6 Å². The summed E-state index contributed by atoms with van der Waals surface area (Å²) in [6.45, 7) is 0.985. The molecule has 0 saturated carbocycles. The van der Waals surface area contributed by atoms with Crippen LogP contribution in [0.4, 0.5) is 14.5 Å². The average molecular weight is 412 g/mol. The van der Waals surface area contributed by atoms with Crippen LogP contribution in [0, 0.1) is 11.6 Å². The molecule has 1 aliphatic heterocycles. The molecule has 0 radical (unpaired) electrons. The molecule has 0 spiro atoms. The Hall–Kier alpha value is -2.56. The number of benzene rings is 2. The van der Waals surface area contributed by atoms with E-state index in [4.69, 9.17) is 9.47 Å². The molecule has 2 aromatic carbocycles. The van der Waals surface area contributed by atoms with Gasteiger partial charge >= 0.3 is 0 Å². The largest absolute Gasteiger partial charge is 0.496 e. The highest BCUT2D eigenvalue weighted by Crippen LogP contribution is 2.26. The number of nitrogens with zero attached hydrogens (tertiary/aromatic N) is 1. The van der Waals surface area contributed by atoms with Crippen molar-refractivity contribution in [3.63, 3.8) is 0 Å². The maximum Gasteiger partial charge on any atom is 0.259 e. The molecule has 2 aromatic rings. The van der Waals surface area contributed by atoms with E-state index in [0.29, 0.717) is 6.07 Å². The first-order chi connectivity index (χ1) is 13.3. The van der Waals surface area contributed by atoms with Crippen molar-refractivity contribution in [1.29, 1.82) is 0 Å². The standard InChI is InChI=1S/C18H18F2N2O5S/c1-26-17-3-2-15(28(24,25)22-4-6-27-7-5-22)11-16(17)18(23)21-14-9-12(19)8-13(20)10-14/h2-3,8-11H,4-7H2,1H3,(H,21,23). The molecule has 1 saturated heterocycles. The van der Waals surface area contributed by atoms with Crippen LogP contribution in [0.15, 0.2) is 41.3 Å². The molecule has 3 rings (SSSR count). The quantitative estimate of drug-likeness (QED) is 0.814. The van der Waals surface area contributed by atoms with Crippen LogP contribution in [0.3, 0.4) is 0 Å². The molecule has 150 valence electrons. The Kier molecular flexibility index (Phi) is 5.92. The molecule has 0 aliphatic carbocycles. The smallest absolute Gasteiger partial charge is 0.259 e. The van der Waals surface area contributed by atoms with E-state index in [-0.39, 0.29) is 48.2 Å². The molecular weight excluding hydrogens is 394 g/mol. The van der Waals surface area contributed by atoms with E-state index in [9.17, 15) is 22.0 Å². The average Bonchev–Trinajstić information content (AvgIpc) is 2.67. The molecule has 1 aliphatic rings. The van der Waals surface area contributed by atoms with Crippen molar-refractivity contribution < 1.29 is 31.5 Å². The fourth-order valence-corrected chi connectivity index (χ4v) is 4.22. The Morgan fingerprint density at radius 2 is 1.75 bits per heavy atom. The van der Waals surface area contributed by atoms with Gasteiger partial charge in [-0.3, -0.25) is 4.79 Å². The number of methoxy groups -OCH3 is 1. The van der Waals surface area contributed by atoms with Gasteiger partial charge in [0, 0.05) is 24.8 Å². The predicted molar refractivity (Wildman–Crippen MR) is 96.9 cm³/mol. The van der Waals surface area contributed by atoms with Crippen molar-refractivity contribution in [1.82, 2.24) is 4.31 Å². The zero-order chi connectivity index (χ0) is 20.3. The number of ether oxygens (including phenoxy) is 2. The third-order valence-corrected chi connectivity index (χ3v) is 6.04. The number of carbonyl (C=O) groups excluding carboxylic acids is 1. The zero-order valence-corrected chi connectivity index (χ0v) is 15.8. The molecule has 0 bridgehead atoms. The minimum Gasteiger partial charge on any atom is -0.496 e. The van der Waals surface area contributed by atoms with Gasteiger partial charge in [-0.25, -0.2) is 17.2 Å². The van der Waals surface area contributed by atoms with Crippen LogP contribution < -0.4 is 10.1 Å². The van der Waals surface area contributed by atoms with E-state index in [1.807, 2.05) is 0 Å². The zero-order valence-electron chi connectivity index (χ0n) is 14.9. The molecule has 7 nitrogen and oxygen atoms in total. The second-order valence-electron chi connectivity index (χ2n) is 5.99. The number of nitrogens with one attached hydrogen (secondary N) is 1. The summed E-state index contributed by atoms with van der Waals surface area (Å²) in [4.78, 5) is 12.5. The van der Waals surface area contributed by atoms with Gasteiger partial charge in [0.15, 0.2) is 0 Å². The number of sulfonamides is 1. The second-order valence-corrected chi connectivity index (χ2v) is 7.93. The number of hydrogen-bond acceptors (Lipinski definition) is 5. The summed E-state index contributed by atoms with van der Waals surface area (Å²) in [5.74, 6) is -2.35. The summed E-state index contributed by atoms with van der Waals surface area (Å²) in [7, 11) is -2.51. The van der Waals surface area contributed by atoms with Crippen molar-refractivity contribution in [2.45, 2.75) is 4.90 Å². The van der Waals surface area contributed by atoms with Crippen molar-refractivity contribution in [3.8, 4) is 5.75 Å². The maximum absolute atomic E-state index is 13.3. The van der Waals surface area contributed by atoms with Gasteiger partial charge in [-0.05, 0) is 30.3 Å². The third kappa shape index (κ3) is 4.29. The summed E-state index contributed by atoms with van der Waals surface area (Å²) in [6.07, 6.45) is 0. The summed E-state index contributed by atoms with van der Waals surface area (Å²) < 4.78 is 63.9.